The Labute approximate surface area is 365 Å². The minimum Gasteiger partial charge on any atom is -0.508 e. The molecule has 324 valence electrons. The van der Waals surface area contributed by atoms with Crippen LogP contribution >= 0.6 is 11.6 Å². The Morgan fingerprint density at radius 1 is 0.903 bits per heavy atom. The number of amides is 1. The van der Waals surface area contributed by atoms with Gasteiger partial charge in [-0.25, -0.2) is 14.5 Å². The Morgan fingerprint density at radius 2 is 1.63 bits per heavy atom. The molecule has 2 saturated heterocycles. The molecule has 15 nitrogen and oxygen atoms in total. The molecular formula is C46H53ClN10O5. The third-order valence-electron chi connectivity index (χ3n) is 12.5. The lowest BCUT2D eigenvalue weighted by molar-refractivity contribution is 0.0888. The quantitative estimate of drug-likeness (QED) is 0.111. The van der Waals surface area contributed by atoms with Crippen LogP contribution in [0.15, 0.2) is 71.5 Å². The molecule has 0 spiro atoms. The van der Waals surface area contributed by atoms with Gasteiger partial charge in [-0.1, -0.05) is 37.6 Å². The molecule has 3 aromatic carbocycles. The maximum Gasteiger partial charge on any atom is 0.348 e. The van der Waals surface area contributed by atoms with Gasteiger partial charge in [-0.15, -0.1) is 10.2 Å². The van der Waals surface area contributed by atoms with Gasteiger partial charge < -0.3 is 30.1 Å². The highest BCUT2D eigenvalue weighted by atomic mass is 35.5. The maximum absolute atomic E-state index is 13.0. The lowest BCUT2D eigenvalue weighted by atomic mass is 9.93. The molecule has 0 radical (unpaired) electrons. The molecule has 16 heteroatoms. The number of piperazine rings is 1. The molecule has 4 N–H and O–H groups in total. The Bertz CT molecular complexity index is 2440. The van der Waals surface area contributed by atoms with Crippen molar-refractivity contribution in [3.05, 3.63) is 105 Å². The number of nitrogens with one attached hydrogen (secondary N) is 2. The second kappa shape index (κ2) is 19.0. The first-order valence-electron chi connectivity index (χ1n) is 21.5. The number of nitriles is 1. The van der Waals surface area contributed by atoms with E-state index < -0.39 is 5.69 Å². The number of ether oxygens (including phenoxy) is 1. The van der Waals surface area contributed by atoms with Gasteiger partial charge in [0.2, 0.25) is 0 Å². The van der Waals surface area contributed by atoms with E-state index in [1.165, 1.54) is 10.6 Å². The highest BCUT2D eigenvalue weighted by Gasteiger charge is 2.27. The molecule has 8 rings (SSSR count). The largest absolute Gasteiger partial charge is 0.508 e. The number of phenolic OH excluding ortho intramolecular Hbond substituents is 2. The summed E-state index contributed by atoms with van der Waals surface area (Å²) in [6.07, 6.45) is 5.37. The minimum absolute atomic E-state index is 0.00371. The number of aromatic nitrogens is 5. The van der Waals surface area contributed by atoms with Gasteiger partial charge in [0, 0.05) is 70.5 Å². The number of aromatic amines is 1. The molecule has 62 heavy (non-hydrogen) atoms. The zero-order chi connectivity index (χ0) is 43.3. The van der Waals surface area contributed by atoms with Crippen LogP contribution in [0, 0.1) is 17.2 Å². The van der Waals surface area contributed by atoms with E-state index in [0.717, 1.165) is 102 Å². The van der Waals surface area contributed by atoms with E-state index in [-0.39, 0.29) is 41.3 Å². The molecule has 2 aromatic heterocycles. The van der Waals surface area contributed by atoms with E-state index in [4.69, 9.17) is 21.6 Å². The number of phenols is 2. The molecule has 5 aromatic rings. The lowest BCUT2D eigenvalue weighted by Gasteiger charge is -2.39. The van der Waals surface area contributed by atoms with Gasteiger partial charge in [-0.05, 0) is 104 Å². The normalized spacial score (nSPS) is 19.0. The van der Waals surface area contributed by atoms with E-state index in [1.54, 1.807) is 30.3 Å². The Hall–Kier alpha value is -5.95. The number of H-pyrrole nitrogens is 1. The smallest absolute Gasteiger partial charge is 0.348 e. The van der Waals surface area contributed by atoms with E-state index in [0.29, 0.717) is 44.8 Å². The van der Waals surface area contributed by atoms with Crippen LogP contribution in [0.3, 0.4) is 0 Å². The van der Waals surface area contributed by atoms with Gasteiger partial charge >= 0.3 is 5.69 Å². The van der Waals surface area contributed by atoms with Crippen LogP contribution in [-0.4, -0.2) is 109 Å². The molecule has 0 bridgehead atoms. The summed E-state index contributed by atoms with van der Waals surface area (Å²) in [6, 6.07) is 21.7. The molecule has 0 unspecified atom stereocenters. The van der Waals surface area contributed by atoms with Gasteiger partial charge in [0.05, 0.1) is 27.9 Å². The number of rotatable bonds is 12. The number of benzene rings is 3. The third kappa shape index (κ3) is 9.88. The highest BCUT2D eigenvalue weighted by molar-refractivity contribution is 6.31. The predicted octanol–water partition coefficient (Wildman–Crippen LogP) is 6.23. The van der Waals surface area contributed by atoms with Gasteiger partial charge in [0.25, 0.3) is 5.91 Å². The van der Waals surface area contributed by atoms with Crippen molar-refractivity contribution >= 4 is 23.3 Å². The van der Waals surface area contributed by atoms with Crippen molar-refractivity contribution in [2.75, 3.05) is 50.7 Å². The number of hydrogen-bond acceptors (Lipinski definition) is 12. The Kier molecular flexibility index (Phi) is 13.1. The molecular weight excluding hydrogens is 808 g/mol. The van der Waals surface area contributed by atoms with Gasteiger partial charge in [-0.3, -0.25) is 9.69 Å². The number of hydrogen-bond donors (Lipinski definition) is 4. The Balaban J connectivity index is 0.749. The van der Waals surface area contributed by atoms with Crippen LogP contribution in [0.2, 0.25) is 5.02 Å². The number of nitrogens with zero attached hydrogens (tertiary/aromatic N) is 8. The topological polar surface area (TPSA) is 189 Å². The van der Waals surface area contributed by atoms with Crippen molar-refractivity contribution in [1.82, 2.24) is 40.1 Å². The standard InChI is InChI=1S/C46H53ClN10O5/c1-29(2)37-24-38(42(59)25-41(37)58)44-52-53-46(61)57(44)34-8-3-30(4-9-34)27-54-19-21-55(22-20-54)28-31-15-17-56(18-16-31)43-14-13-40(50-51-43)45(60)49-33-6-11-35(12-7-33)62-36-10-5-32(26-48)39(47)23-36/h3-5,8-10,13-14,23-25,29,31,33,35,58-59H,6-7,11-12,15-22,27-28H2,1-2H3,(H,49,60)(H,53,61). The Morgan fingerprint density at radius 3 is 2.29 bits per heavy atom. The molecule has 1 amide bonds. The fourth-order valence-electron chi connectivity index (χ4n) is 8.85. The van der Waals surface area contributed by atoms with Gasteiger partial charge in [-0.2, -0.15) is 10.4 Å². The zero-order valence-corrected chi connectivity index (χ0v) is 35.9. The summed E-state index contributed by atoms with van der Waals surface area (Å²) in [5, 5.41) is 49.1. The fourth-order valence-corrected chi connectivity index (χ4v) is 9.07. The van der Waals surface area contributed by atoms with Crippen LogP contribution in [0.4, 0.5) is 5.82 Å². The van der Waals surface area contributed by atoms with Gasteiger partial charge in [0.15, 0.2) is 17.3 Å². The average molecular weight is 861 g/mol. The number of halogens is 1. The van der Waals surface area contributed by atoms with Crippen LogP contribution < -0.4 is 20.6 Å². The highest BCUT2D eigenvalue weighted by Crippen LogP contribution is 2.37. The number of carbonyl (C=O) groups excluding carboxylic acids is 1. The van der Waals surface area contributed by atoms with E-state index in [9.17, 15) is 19.8 Å². The first kappa shape index (κ1) is 42.7. The second-order valence-electron chi connectivity index (χ2n) is 17.0. The first-order valence-corrected chi connectivity index (χ1v) is 21.9. The SMILES string of the molecule is CC(C)c1cc(-c2n[nH]c(=O)n2-c2ccc(CN3CCN(CC4CCN(c5ccc(C(=O)NC6CCC(Oc7ccc(C#N)c(Cl)c7)CC6)nn5)CC4)CC3)cc2)c(O)cc1O. The van der Waals surface area contributed by atoms with E-state index in [1.807, 2.05) is 44.2 Å². The monoisotopic (exact) mass is 860 g/mol. The average Bonchev–Trinajstić information content (AvgIpc) is 3.66. The minimum atomic E-state index is -0.412. The molecule has 4 heterocycles. The number of anilines is 1. The van der Waals surface area contributed by atoms with Crippen LogP contribution in [0.25, 0.3) is 17.1 Å². The first-order chi connectivity index (χ1) is 30.0. The molecule has 3 fully saturated rings. The van der Waals surface area contributed by atoms with Gasteiger partial charge in [0.1, 0.15) is 23.3 Å². The van der Waals surface area contributed by atoms with Crippen LogP contribution in [-0.2, 0) is 6.54 Å². The fraction of sp³-hybridized carbons (Fsp3) is 0.435. The summed E-state index contributed by atoms with van der Waals surface area (Å²) < 4.78 is 7.53. The summed E-state index contributed by atoms with van der Waals surface area (Å²) in [6.45, 7) is 11.6. The summed E-state index contributed by atoms with van der Waals surface area (Å²) >= 11 is 6.16. The van der Waals surface area contributed by atoms with Crippen molar-refractivity contribution in [3.8, 4) is 40.4 Å². The molecule has 0 atom stereocenters. The maximum atomic E-state index is 13.0. The van der Waals surface area contributed by atoms with Crippen molar-refractivity contribution in [3.63, 3.8) is 0 Å². The molecule has 3 aliphatic rings. The number of carbonyl (C=O) groups is 1. The van der Waals surface area contributed by atoms with E-state index in [2.05, 4.69) is 46.5 Å². The summed E-state index contributed by atoms with van der Waals surface area (Å²) in [5.41, 5.74) is 3.14. The van der Waals surface area contributed by atoms with Crippen molar-refractivity contribution in [1.29, 1.82) is 5.26 Å². The molecule has 1 saturated carbocycles. The molecule has 2 aliphatic heterocycles. The summed E-state index contributed by atoms with van der Waals surface area (Å²) in [7, 11) is 0. The van der Waals surface area contributed by atoms with E-state index >= 15 is 0 Å². The summed E-state index contributed by atoms with van der Waals surface area (Å²) in [4.78, 5) is 33.2. The van der Waals surface area contributed by atoms with Crippen LogP contribution in [0.5, 0.6) is 17.2 Å². The van der Waals surface area contributed by atoms with Crippen LogP contribution in [0.1, 0.15) is 85.5 Å². The summed E-state index contributed by atoms with van der Waals surface area (Å²) in [5.74, 6) is 1.99. The second-order valence-corrected chi connectivity index (χ2v) is 17.4. The predicted molar refractivity (Wildman–Crippen MR) is 236 cm³/mol. The zero-order valence-electron chi connectivity index (χ0n) is 35.1. The third-order valence-corrected chi connectivity index (χ3v) is 12.8. The van der Waals surface area contributed by atoms with Crippen molar-refractivity contribution < 1.29 is 19.7 Å². The number of piperidine rings is 1. The van der Waals surface area contributed by atoms with Crippen molar-refractivity contribution in [2.24, 2.45) is 5.92 Å². The molecule has 1 aliphatic carbocycles. The lowest BCUT2D eigenvalue weighted by Crippen LogP contribution is -2.48. The number of aromatic hydroxyl groups is 2. The van der Waals surface area contributed by atoms with Crippen molar-refractivity contribution in [2.45, 2.75) is 77.0 Å².